The molecule has 4 heterocycles. The van der Waals surface area contributed by atoms with E-state index in [1.165, 1.54) is 0 Å². The Morgan fingerprint density at radius 3 is 2.32 bits per heavy atom. The van der Waals surface area contributed by atoms with Crippen molar-refractivity contribution < 1.29 is 43.1 Å². The number of cyclic esters (lactones) is 1. The van der Waals surface area contributed by atoms with Gasteiger partial charge in [0.05, 0.1) is 30.0 Å². The molecule has 0 radical (unpaired) electrons. The number of Topliss-reactive ketones (excluding diaryl/α,β-unsaturated/α-hetero) is 1. The van der Waals surface area contributed by atoms with Crippen molar-refractivity contribution in [2.75, 3.05) is 7.05 Å². The number of hydrogen-bond donors (Lipinski definition) is 2. The number of fused-ring (bicyclic) bond motifs is 2. The molecule has 10 nitrogen and oxygen atoms in total. The van der Waals surface area contributed by atoms with E-state index in [1.807, 2.05) is 48.5 Å². The number of hydrogen-bond acceptors (Lipinski definition) is 10. The van der Waals surface area contributed by atoms with Gasteiger partial charge in [0.2, 0.25) is 0 Å². The van der Waals surface area contributed by atoms with E-state index < -0.39 is 59.4 Å². The Morgan fingerprint density at radius 2 is 1.71 bits per heavy atom. The van der Waals surface area contributed by atoms with E-state index in [0.717, 1.165) is 0 Å². The van der Waals surface area contributed by atoms with Gasteiger partial charge < -0.3 is 38.8 Å². The molecule has 0 aromatic carbocycles. The van der Waals surface area contributed by atoms with E-state index in [9.17, 15) is 14.7 Å². The Bertz CT molecular complexity index is 975. The number of rotatable bonds is 5. The third kappa shape index (κ3) is 5.99. The van der Waals surface area contributed by atoms with Crippen molar-refractivity contribution in [3.63, 3.8) is 0 Å². The number of carbonyl (C=O) groups excluding carboxylic acids is 2. The summed E-state index contributed by atoms with van der Waals surface area (Å²) >= 11 is 0. The van der Waals surface area contributed by atoms with E-state index in [-0.39, 0.29) is 42.0 Å². The van der Waals surface area contributed by atoms with Gasteiger partial charge in [0.1, 0.15) is 23.7 Å². The summed E-state index contributed by atoms with van der Waals surface area (Å²) in [5.41, 5.74) is -1.84. The summed E-state index contributed by atoms with van der Waals surface area (Å²) < 4.78 is 38.5. The summed E-state index contributed by atoms with van der Waals surface area (Å²) in [6.07, 6.45) is -2.27. The van der Waals surface area contributed by atoms with Crippen LogP contribution in [-0.4, -0.2) is 89.9 Å². The lowest BCUT2D eigenvalue weighted by Crippen LogP contribution is -2.58. The maximum atomic E-state index is 13.9. The highest BCUT2D eigenvalue weighted by Crippen LogP contribution is 2.50. The standard InChI is InChI=1S/C31H53NO9/c1-12-21-31(10,41-29(7,8)39-21)26-19(6)24-15(2)14-30(9,40-24)25(17(4)22(33)18(5)27(35)37-26)38-28-23(34)20(32-11)13-16(3)36-28/h15-21,23-26,28,32,34H,12-14H2,1-11H3/t15?,16?,17-,18+,19-,20?,21+,23?,24?,25+,26+,28-,30?,31+/m0/s1. The van der Waals surface area contributed by atoms with Gasteiger partial charge in [-0.25, -0.2) is 0 Å². The van der Waals surface area contributed by atoms with Crippen LogP contribution in [0.3, 0.4) is 0 Å². The predicted octanol–water partition coefficient (Wildman–Crippen LogP) is 3.36. The lowest BCUT2D eigenvalue weighted by atomic mass is 9.76. The van der Waals surface area contributed by atoms with Crippen molar-refractivity contribution in [3.05, 3.63) is 0 Å². The molecule has 236 valence electrons. The van der Waals surface area contributed by atoms with Crippen LogP contribution < -0.4 is 5.32 Å². The van der Waals surface area contributed by atoms with Crippen LogP contribution in [0.25, 0.3) is 0 Å². The first-order valence-electron chi connectivity index (χ1n) is 15.4. The fourth-order valence-electron chi connectivity index (χ4n) is 8.04. The molecule has 4 aliphatic rings. The number of ketones is 1. The minimum Gasteiger partial charge on any atom is -0.458 e. The number of aliphatic hydroxyl groups is 1. The number of aliphatic hydroxyl groups excluding tert-OH is 1. The molecule has 41 heavy (non-hydrogen) atoms. The Hall–Kier alpha value is -1.14. The largest absolute Gasteiger partial charge is 0.458 e. The summed E-state index contributed by atoms with van der Waals surface area (Å²) in [6.45, 7) is 19.1. The van der Waals surface area contributed by atoms with Gasteiger partial charge in [-0.1, -0.05) is 27.7 Å². The number of ether oxygens (including phenoxy) is 6. The average Bonchev–Trinajstić information content (AvgIpc) is 3.35. The van der Waals surface area contributed by atoms with Crippen molar-refractivity contribution in [2.45, 2.75) is 154 Å². The molecule has 0 aromatic heterocycles. The van der Waals surface area contributed by atoms with Gasteiger partial charge >= 0.3 is 5.97 Å². The lowest BCUT2D eigenvalue weighted by Gasteiger charge is -2.44. The first kappa shape index (κ1) is 32.8. The van der Waals surface area contributed by atoms with Crippen LogP contribution in [0.2, 0.25) is 0 Å². The Labute approximate surface area is 245 Å². The van der Waals surface area contributed by atoms with E-state index in [0.29, 0.717) is 19.3 Å². The molecule has 0 aromatic rings. The van der Waals surface area contributed by atoms with Gasteiger partial charge in [0.25, 0.3) is 0 Å². The monoisotopic (exact) mass is 583 g/mol. The Kier molecular flexibility index (Phi) is 9.39. The van der Waals surface area contributed by atoms with Crippen LogP contribution in [0.5, 0.6) is 0 Å². The first-order chi connectivity index (χ1) is 19.0. The quantitative estimate of drug-likeness (QED) is 0.368. The van der Waals surface area contributed by atoms with Gasteiger partial charge in [0.15, 0.2) is 17.9 Å². The van der Waals surface area contributed by atoms with E-state index in [2.05, 4.69) is 12.2 Å². The first-order valence-corrected chi connectivity index (χ1v) is 15.4. The van der Waals surface area contributed by atoms with E-state index >= 15 is 0 Å². The molecular formula is C31H53NO9. The van der Waals surface area contributed by atoms with E-state index in [4.69, 9.17) is 28.4 Å². The molecule has 0 aliphatic carbocycles. The zero-order valence-corrected chi connectivity index (χ0v) is 26.8. The second-order valence-electron chi connectivity index (χ2n) is 13.9. The minimum atomic E-state index is -1.04. The lowest BCUT2D eigenvalue weighted by molar-refractivity contribution is -0.290. The molecule has 4 rings (SSSR count). The number of esters is 1. The second-order valence-corrected chi connectivity index (χ2v) is 13.9. The smallest absolute Gasteiger partial charge is 0.316 e. The molecule has 0 saturated carbocycles. The summed E-state index contributed by atoms with van der Waals surface area (Å²) in [4.78, 5) is 27.6. The molecule has 2 bridgehead atoms. The van der Waals surface area contributed by atoms with Crippen LogP contribution in [0.15, 0.2) is 0 Å². The third-order valence-corrected chi connectivity index (χ3v) is 9.98. The normalized spacial score (nSPS) is 50.8. The molecule has 0 spiro atoms. The van der Waals surface area contributed by atoms with Gasteiger partial charge in [-0.2, -0.15) is 0 Å². The summed E-state index contributed by atoms with van der Waals surface area (Å²) in [7, 11) is 1.80. The minimum absolute atomic E-state index is 0.0571. The maximum absolute atomic E-state index is 13.9. The van der Waals surface area contributed by atoms with Crippen molar-refractivity contribution in [1.29, 1.82) is 0 Å². The predicted molar refractivity (Wildman–Crippen MR) is 151 cm³/mol. The zero-order valence-electron chi connectivity index (χ0n) is 26.8. The van der Waals surface area contributed by atoms with E-state index in [1.54, 1.807) is 20.9 Å². The van der Waals surface area contributed by atoms with Crippen LogP contribution >= 0.6 is 0 Å². The summed E-state index contributed by atoms with van der Waals surface area (Å²) in [6, 6.07) is -0.221. The number of carbonyl (C=O) groups is 2. The molecule has 4 saturated heterocycles. The topological polar surface area (TPSA) is 122 Å². The molecule has 0 amide bonds. The fourth-order valence-corrected chi connectivity index (χ4v) is 8.04. The number of likely N-dealkylation sites (N-methyl/N-ethyl adjacent to an activating group) is 1. The average molecular weight is 584 g/mol. The van der Waals surface area contributed by atoms with Crippen LogP contribution in [-0.2, 0) is 38.0 Å². The highest BCUT2D eigenvalue weighted by Gasteiger charge is 2.61. The summed E-state index contributed by atoms with van der Waals surface area (Å²) in [5, 5.41) is 14.2. The third-order valence-electron chi connectivity index (χ3n) is 9.98. The van der Waals surface area contributed by atoms with Gasteiger partial charge in [0, 0.05) is 17.9 Å². The van der Waals surface area contributed by atoms with Crippen molar-refractivity contribution >= 4 is 11.8 Å². The van der Waals surface area contributed by atoms with Gasteiger partial charge in [-0.15, -0.1) is 0 Å². The van der Waals surface area contributed by atoms with Crippen LogP contribution in [0, 0.1) is 23.7 Å². The van der Waals surface area contributed by atoms with Gasteiger partial charge in [-0.3, -0.25) is 9.59 Å². The maximum Gasteiger partial charge on any atom is 0.316 e. The Morgan fingerprint density at radius 1 is 1.05 bits per heavy atom. The molecule has 6 unspecified atom stereocenters. The van der Waals surface area contributed by atoms with Crippen LogP contribution in [0.1, 0.15) is 88.5 Å². The molecule has 10 heteroatoms. The fraction of sp³-hybridized carbons (Fsp3) is 0.935. The Balaban J connectivity index is 1.74. The summed E-state index contributed by atoms with van der Waals surface area (Å²) in [5.74, 6) is -3.76. The second kappa shape index (κ2) is 11.7. The molecule has 4 fully saturated rings. The zero-order chi connectivity index (χ0) is 30.7. The number of nitrogens with one attached hydrogen (secondary N) is 1. The highest BCUT2D eigenvalue weighted by atomic mass is 16.8. The van der Waals surface area contributed by atoms with Gasteiger partial charge in [-0.05, 0) is 73.8 Å². The van der Waals surface area contributed by atoms with Crippen molar-refractivity contribution in [3.8, 4) is 0 Å². The molecule has 14 atom stereocenters. The molecule has 4 aliphatic heterocycles. The molecule has 2 N–H and O–H groups in total. The highest BCUT2D eigenvalue weighted by molar-refractivity contribution is 6.00. The SMILES string of the molecule is CC[C@H]1OC(C)(C)O[C@@]1(C)[C@@H]1OC(=O)[C@H](C)C(=O)[C@H](C)[C@@H](O[C@@H]2OC(C)CC(NC)C2O)C2(C)CC(C)C(O2)[C@@H]1C. The van der Waals surface area contributed by atoms with Crippen molar-refractivity contribution in [1.82, 2.24) is 5.32 Å². The van der Waals surface area contributed by atoms with Crippen LogP contribution in [0.4, 0.5) is 0 Å². The molecular weight excluding hydrogens is 530 g/mol. The van der Waals surface area contributed by atoms with Crippen molar-refractivity contribution in [2.24, 2.45) is 23.7 Å².